The molecular formula is C6H15N5. The van der Waals surface area contributed by atoms with Gasteiger partial charge in [0.1, 0.15) is 0 Å². The van der Waals surface area contributed by atoms with Crippen molar-refractivity contribution in [1.29, 1.82) is 0 Å². The summed E-state index contributed by atoms with van der Waals surface area (Å²) < 4.78 is 0. The molecule has 0 aromatic carbocycles. The van der Waals surface area contributed by atoms with Gasteiger partial charge in [0.15, 0.2) is 0 Å². The van der Waals surface area contributed by atoms with Crippen LogP contribution in [0.3, 0.4) is 0 Å². The van der Waals surface area contributed by atoms with Crippen LogP contribution in [-0.4, -0.2) is 26.2 Å². The largest absolute Gasteiger partial charge is 0.327 e. The number of rotatable bonds is 6. The lowest BCUT2D eigenvalue weighted by molar-refractivity contribution is 0.557. The molecular weight excluding hydrogens is 142 g/mol. The highest BCUT2D eigenvalue weighted by Gasteiger charge is 1.98. The van der Waals surface area contributed by atoms with E-state index in [1.165, 1.54) is 0 Å². The van der Waals surface area contributed by atoms with Crippen molar-refractivity contribution in [3.63, 3.8) is 0 Å². The smallest absolute Gasteiger partial charge is 0.0258 e. The van der Waals surface area contributed by atoms with E-state index in [0.29, 0.717) is 6.54 Å². The summed E-state index contributed by atoms with van der Waals surface area (Å²) >= 11 is 0. The summed E-state index contributed by atoms with van der Waals surface area (Å²) in [4.78, 5) is 2.65. The van der Waals surface area contributed by atoms with Crippen molar-refractivity contribution in [3.8, 4) is 0 Å². The Morgan fingerprint density at radius 3 is 3.00 bits per heavy atom. The fraction of sp³-hybridized carbons (Fsp3) is 1.00. The van der Waals surface area contributed by atoms with E-state index in [1.807, 2.05) is 7.05 Å². The number of hydrogen-bond acceptors (Lipinski definition) is 3. The lowest BCUT2D eigenvalue weighted by Crippen LogP contribution is -2.31. The Bertz CT molecular complexity index is 129. The van der Waals surface area contributed by atoms with E-state index in [4.69, 9.17) is 11.3 Å². The fourth-order valence-corrected chi connectivity index (χ4v) is 0.833. The molecule has 5 nitrogen and oxygen atoms in total. The molecule has 0 amide bonds. The highest BCUT2D eigenvalue weighted by Crippen LogP contribution is 1.93. The van der Waals surface area contributed by atoms with Crippen molar-refractivity contribution in [2.45, 2.75) is 18.9 Å². The van der Waals surface area contributed by atoms with Crippen LogP contribution in [0.4, 0.5) is 0 Å². The zero-order chi connectivity index (χ0) is 8.53. The average Bonchev–Trinajstić information content (AvgIpc) is 1.99. The maximum absolute atomic E-state index is 7.95. The maximum Gasteiger partial charge on any atom is 0.0258 e. The van der Waals surface area contributed by atoms with Gasteiger partial charge in [-0.05, 0) is 25.4 Å². The van der Waals surface area contributed by atoms with Crippen LogP contribution in [0.2, 0.25) is 0 Å². The molecule has 0 aromatic rings. The lowest BCUT2D eigenvalue weighted by atomic mass is 10.2. The monoisotopic (exact) mass is 157 g/mol. The van der Waals surface area contributed by atoms with Crippen LogP contribution in [0.5, 0.6) is 0 Å². The van der Waals surface area contributed by atoms with Crippen molar-refractivity contribution in [3.05, 3.63) is 10.4 Å². The highest BCUT2D eigenvalue weighted by molar-refractivity contribution is 4.63. The highest BCUT2D eigenvalue weighted by atomic mass is 15.1. The van der Waals surface area contributed by atoms with E-state index in [2.05, 4.69) is 15.3 Å². The maximum atomic E-state index is 7.95. The molecule has 0 aromatic heterocycles. The number of hydrogen-bond donors (Lipinski definition) is 2. The minimum atomic E-state index is 0.175. The van der Waals surface area contributed by atoms with Gasteiger partial charge in [-0.2, -0.15) is 0 Å². The second-order valence-corrected chi connectivity index (χ2v) is 2.41. The number of nitrogens with one attached hydrogen (secondary N) is 1. The van der Waals surface area contributed by atoms with Crippen molar-refractivity contribution < 1.29 is 0 Å². The first-order valence-electron chi connectivity index (χ1n) is 3.72. The summed E-state index contributed by atoms with van der Waals surface area (Å²) in [6.07, 6.45) is 1.77. The molecule has 0 bridgehead atoms. The third kappa shape index (κ3) is 7.12. The van der Waals surface area contributed by atoms with Crippen molar-refractivity contribution in [2.24, 2.45) is 10.8 Å². The van der Waals surface area contributed by atoms with Crippen molar-refractivity contribution in [1.82, 2.24) is 5.32 Å². The van der Waals surface area contributed by atoms with Crippen LogP contribution < -0.4 is 11.1 Å². The predicted molar refractivity (Wildman–Crippen MR) is 45.1 cm³/mol. The van der Waals surface area contributed by atoms with E-state index >= 15 is 0 Å². The van der Waals surface area contributed by atoms with E-state index in [-0.39, 0.29) is 6.04 Å². The zero-order valence-electron chi connectivity index (χ0n) is 6.82. The predicted octanol–water partition coefficient (Wildman–Crippen LogP) is 0.624. The normalized spacial score (nSPS) is 12.2. The van der Waals surface area contributed by atoms with Gasteiger partial charge < -0.3 is 11.1 Å². The molecule has 0 fully saturated rings. The quantitative estimate of drug-likeness (QED) is 0.256. The third-order valence-electron chi connectivity index (χ3n) is 1.36. The average molecular weight is 157 g/mol. The van der Waals surface area contributed by atoms with E-state index in [9.17, 15) is 0 Å². The number of likely N-dealkylation sites (N-methyl/N-ethyl adjacent to an activating group) is 1. The molecule has 1 unspecified atom stereocenters. The molecule has 64 valence electrons. The Labute approximate surface area is 66.6 Å². The van der Waals surface area contributed by atoms with E-state index < -0.39 is 0 Å². The van der Waals surface area contributed by atoms with Gasteiger partial charge in [-0.1, -0.05) is 5.11 Å². The Hall–Kier alpha value is -0.770. The van der Waals surface area contributed by atoms with Gasteiger partial charge >= 0.3 is 0 Å². The summed E-state index contributed by atoms with van der Waals surface area (Å²) in [5, 5.41) is 6.39. The molecule has 0 saturated heterocycles. The van der Waals surface area contributed by atoms with Crippen LogP contribution in [0.1, 0.15) is 12.8 Å². The van der Waals surface area contributed by atoms with Crippen LogP contribution in [0, 0.1) is 0 Å². The first kappa shape index (κ1) is 10.2. The minimum absolute atomic E-state index is 0.175. The van der Waals surface area contributed by atoms with Crippen LogP contribution in [0.25, 0.3) is 10.4 Å². The van der Waals surface area contributed by atoms with Gasteiger partial charge in [-0.25, -0.2) is 0 Å². The number of nitrogens with zero attached hydrogens (tertiary/aromatic N) is 3. The van der Waals surface area contributed by atoms with Gasteiger partial charge in [-0.15, -0.1) is 0 Å². The molecule has 0 saturated carbocycles. The minimum Gasteiger partial charge on any atom is -0.327 e. The summed E-state index contributed by atoms with van der Waals surface area (Å²) in [5.74, 6) is 0. The molecule has 11 heavy (non-hydrogen) atoms. The summed E-state index contributed by atoms with van der Waals surface area (Å²) in [5.41, 5.74) is 13.6. The first-order valence-corrected chi connectivity index (χ1v) is 3.72. The molecule has 0 rings (SSSR count). The SMILES string of the molecule is CNCC(N)CCCN=[N+]=[N-]. The number of azide groups is 1. The van der Waals surface area contributed by atoms with Gasteiger partial charge in [0, 0.05) is 24.0 Å². The van der Waals surface area contributed by atoms with Gasteiger partial charge in [0.25, 0.3) is 0 Å². The topological polar surface area (TPSA) is 86.8 Å². The third-order valence-corrected chi connectivity index (χ3v) is 1.36. The second-order valence-electron chi connectivity index (χ2n) is 2.41. The zero-order valence-corrected chi connectivity index (χ0v) is 6.82. The lowest BCUT2D eigenvalue weighted by Gasteiger charge is -2.08. The van der Waals surface area contributed by atoms with Gasteiger partial charge in [0.05, 0.1) is 0 Å². The van der Waals surface area contributed by atoms with E-state index in [1.54, 1.807) is 0 Å². The van der Waals surface area contributed by atoms with E-state index in [0.717, 1.165) is 19.4 Å². The Morgan fingerprint density at radius 1 is 1.73 bits per heavy atom. The molecule has 0 aliphatic carbocycles. The Balaban J connectivity index is 3.16. The molecule has 3 N–H and O–H groups in total. The van der Waals surface area contributed by atoms with Crippen molar-refractivity contribution >= 4 is 0 Å². The Morgan fingerprint density at radius 2 is 2.45 bits per heavy atom. The molecule has 0 aliphatic heterocycles. The summed E-state index contributed by atoms with van der Waals surface area (Å²) in [7, 11) is 1.87. The van der Waals surface area contributed by atoms with Crippen LogP contribution in [0.15, 0.2) is 5.11 Å². The van der Waals surface area contributed by atoms with Gasteiger partial charge in [-0.3, -0.25) is 0 Å². The molecule has 0 radical (unpaired) electrons. The molecule has 5 heteroatoms. The molecule has 1 atom stereocenters. The van der Waals surface area contributed by atoms with Gasteiger partial charge in [0.2, 0.25) is 0 Å². The number of nitrogens with two attached hydrogens (primary N) is 1. The second kappa shape index (κ2) is 7.34. The summed E-state index contributed by atoms with van der Waals surface area (Å²) in [6.45, 7) is 1.37. The van der Waals surface area contributed by atoms with Crippen LogP contribution >= 0.6 is 0 Å². The Kier molecular flexibility index (Phi) is 6.82. The van der Waals surface area contributed by atoms with Crippen molar-refractivity contribution in [2.75, 3.05) is 20.1 Å². The molecule has 0 spiro atoms. The standard InChI is InChI=1S/C6H15N5/c1-9-5-6(7)3-2-4-10-11-8/h6,9H,2-5,7H2,1H3. The molecule has 0 aliphatic rings. The first-order chi connectivity index (χ1) is 5.31. The van der Waals surface area contributed by atoms with Crippen LogP contribution in [-0.2, 0) is 0 Å². The summed E-state index contributed by atoms with van der Waals surface area (Å²) in [6, 6.07) is 0.175. The fourth-order valence-electron chi connectivity index (χ4n) is 0.833. The molecule has 0 heterocycles.